The molecule has 0 bridgehead atoms. The second-order valence-corrected chi connectivity index (χ2v) is 8.28. The number of fused-ring (bicyclic) bond motifs is 2. The van der Waals surface area contributed by atoms with Gasteiger partial charge in [0.15, 0.2) is 5.65 Å². The number of imidazole rings is 1. The van der Waals surface area contributed by atoms with Gasteiger partial charge in [-0.2, -0.15) is 5.10 Å². The lowest BCUT2D eigenvalue weighted by Gasteiger charge is -2.21. The van der Waals surface area contributed by atoms with Crippen molar-refractivity contribution < 1.29 is 0 Å². The zero-order valence-electron chi connectivity index (χ0n) is 18.3. The summed E-state index contributed by atoms with van der Waals surface area (Å²) in [5, 5.41) is 11.4. The molecule has 0 aliphatic carbocycles. The van der Waals surface area contributed by atoms with E-state index >= 15 is 0 Å². The van der Waals surface area contributed by atoms with Crippen LogP contribution in [0.1, 0.15) is 23.5 Å². The van der Waals surface area contributed by atoms with Crippen LogP contribution in [0.25, 0.3) is 28.3 Å². The summed E-state index contributed by atoms with van der Waals surface area (Å²) in [5.41, 5.74) is 8.97. The van der Waals surface area contributed by atoms with Gasteiger partial charge in [0.25, 0.3) is 0 Å². The molecule has 6 rings (SSSR count). The lowest BCUT2D eigenvalue weighted by atomic mass is 10.0. The summed E-state index contributed by atoms with van der Waals surface area (Å²) in [5.74, 6) is 0.843. The molecule has 3 N–H and O–H groups in total. The van der Waals surface area contributed by atoms with Gasteiger partial charge in [0.1, 0.15) is 12.2 Å². The van der Waals surface area contributed by atoms with Gasteiger partial charge in [-0.1, -0.05) is 18.2 Å². The number of benzene rings is 1. The van der Waals surface area contributed by atoms with Crippen LogP contribution in [0.4, 0.5) is 11.4 Å². The van der Waals surface area contributed by atoms with E-state index in [1.807, 2.05) is 43.5 Å². The Morgan fingerprint density at radius 3 is 2.94 bits per heavy atom. The number of para-hydroxylation sites is 1. The highest BCUT2D eigenvalue weighted by Gasteiger charge is 2.17. The molecular formula is C25H24N8. The minimum atomic E-state index is 0.572. The maximum absolute atomic E-state index is 4.96. The van der Waals surface area contributed by atoms with Crippen LogP contribution in [-0.2, 0) is 13.0 Å². The van der Waals surface area contributed by atoms with Gasteiger partial charge in [-0.3, -0.25) is 4.98 Å². The van der Waals surface area contributed by atoms with Gasteiger partial charge in [-0.05, 0) is 55.7 Å². The molecule has 0 radical (unpaired) electrons. The predicted octanol–water partition coefficient (Wildman–Crippen LogP) is 4.46. The number of aryl methyl sites for hydroxylation is 2. The molecule has 0 amide bonds. The van der Waals surface area contributed by atoms with Crippen molar-refractivity contribution in [1.29, 1.82) is 0 Å². The van der Waals surface area contributed by atoms with Crippen molar-refractivity contribution >= 4 is 17.0 Å². The van der Waals surface area contributed by atoms with E-state index in [0.717, 1.165) is 58.5 Å². The number of aromatic amines is 1. The highest BCUT2D eigenvalue weighted by Crippen LogP contribution is 2.32. The molecule has 0 fully saturated rings. The van der Waals surface area contributed by atoms with Crippen molar-refractivity contribution in [1.82, 2.24) is 29.5 Å². The Morgan fingerprint density at radius 1 is 1.06 bits per heavy atom. The smallest absolute Gasteiger partial charge is 0.155 e. The minimum Gasteiger partial charge on any atom is -0.383 e. The standard InChI is InChI=1S/C25H24N8/c1-16-5-2-9-20(30-16)25-24(18-10-11-22-28-15-29-33(22)14-18)31-21(32-25)13-27-19-8-3-6-17-7-4-12-26-23(17)19/h2-3,5-6,8-11,14-15,26-27H,4,7,12-13H2,1H3,(H,31,32). The van der Waals surface area contributed by atoms with Crippen LogP contribution in [0.3, 0.4) is 0 Å². The first-order valence-corrected chi connectivity index (χ1v) is 11.2. The molecule has 8 nitrogen and oxygen atoms in total. The highest BCUT2D eigenvalue weighted by molar-refractivity contribution is 5.77. The fourth-order valence-electron chi connectivity index (χ4n) is 4.38. The zero-order valence-corrected chi connectivity index (χ0v) is 18.3. The number of aromatic nitrogens is 6. The van der Waals surface area contributed by atoms with Crippen molar-refractivity contribution in [2.75, 3.05) is 17.2 Å². The fourth-order valence-corrected chi connectivity index (χ4v) is 4.38. The number of nitrogens with zero attached hydrogens (tertiary/aromatic N) is 5. The minimum absolute atomic E-state index is 0.572. The number of pyridine rings is 2. The first kappa shape index (κ1) is 19.5. The summed E-state index contributed by atoms with van der Waals surface area (Å²) >= 11 is 0. The third kappa shape index (κ3) is 3.69. The normalized spacial score (nSPS) is 13.0. The lowest BCUT2D eigenvalue weighted by molar-refractivity contribution is 0.830. The number of rotatable bonds is 5. The third-order valence-corrected chi connectivity index (χ3v) is 5.97. The monoisotopic (exact) mass is 436 g/mol. The van der Waals surface area contributed by atoms with Crippen LogP contribution in [0.15, 0.2) is 61.1 Å². The van der Waals surface area contributed by atoms with Crippen LogP contribution in [0.2, 0.25) is 0 Å². The molecule has 0 unspecified atom stereocenters. The van der Waals surface area contributed by atoms with E-state index in [0.29, 0.717) is 6.54 Å². The largest absolute Gasteiger partial charge is 0.383 e. The maximum Gasteiger partial charge on any atom is 0.155 e. The first-order valence-electron chi connectivity index (χ1n) is 11.2. The molecule has 0 spiro atoms. The molecule has 164 valence electrons. The van der Waals surface area contributed by atoms with Gasteiger partial charge in [-0.25, -0.2) is 14.5 Å². The summed E-state index contributed by atoms with van der Waals surface area (Å²) in [7, 11) is 0. The molecule has 1 aliphatic rings. The zero-order chi connectivity index (χ0) is 22.2. The number of anilines is 2. The number of hydrogen-bond acceptors (Lipinski definition) is 6. The molecule has 1 aliphatic heterocycles. The topological polar surface area (TPSA) is 95.8 Å². The predicted molar refractivity (Wildman–Crippen MR) is 129 cm³/mol. The van der Waals surface area contributed by atoms with Gasteiger partial charge in [0.05, 0.1) is 35.0 Å². The average molecular weight is 437 g/mol. The van der Waals surface area contributed by atoms with Crippen molar-refractivity contribution in [3.05, 3.63) is 78.1 Å². The van der Waals surface area contributed by atoms with E-state index in [-0.39, 0.29) is 0 Å². The Morgan fingerprint density at radius 2 is 2.00 bits per heavy atom. The summed E-state index contributed by atoms with van der Waals surface area (Å²) in [6.45, 7) is 3.57. The second-order valence-electron chi connectivity index (χ2n) is 8.28. The van der Waals surface area contributed by atoms with Crippen LogP contribution in [-0.4, -0.2) is 36.1 Å². The number of nitrogens with one attached hydrogen (secondary N) is 3. The Balaban J connectivity index is 1.38. The van der Waals surface area contributed by atoms with Crippen LogP contribution < -0.4 is 10.6 Å². The Hall–Kier alpha value is -4.20. The van der Waals surface area contributed by atoms with Gasteiger partial charge >= 0.3 is 0 Å². The molecular weight excluding hydrogens is 412 g/mol. The van der Waals surface area contributed by atoms with Crippen molar-refractivity contribution in [3.63, 3.8) is 0 Å². The van der Waals surface area contributed by atoms with Crippen LogP contribution in [0.5, 0.6) is 0 Å². The molecule has 0 atom stereocenters. The van der Waals surface area contributed by atoms with E-state index in [4.69, 9.17) is 9.97 Å². The Kier molecular flexibility index (Phi) is 4.75. The molecule has 0 saturated heterocycles. The Labute approximate surface area is 191 Å². The number of hydrogen-bond donors (Lipinski definition) is 3. The van der Waals surface area contributed by atoms with Gasteiger partial charge in [0, 0.05) is 24.0 Å². The van der Waals surface area contributed by atoms with E-state index in [1.165, 1.54) is 17.7 Å². The van der Waals surface area contributed by atoms with E-state index in [9.17, 15) is 0 Å². The van der Waals surface area contributed by atoms with Crippen LogP contribution >= 0.6 is 0 Å². The molecule has 33 heavy (non-hydrogen) atoms. The second kappa shape index (κ2) is 8.05. The first-order chi connectivity index (χ1) is 16.2. The molecule has 0 saturated carbocycles. The van der Waals surface area contributed by atoms with E-state index in [2.05, 4.69) is 43.9 Å². The van der Waals surface area contributed by atoms with Crippen molar-refractivity contribution in [2.45, 2.75) is 26.3 Å². The summed E-state index contributed by atoms with van der Waals surface area (Å²) in [6.07, 6.45) is 5.78. The molecule has 1 aromatic carbocycles. The van der Waals surface area contributed by atoms with Crippen LogP contribution in [0, 0.1) is 6.92 Å². The average Bonchev–Trinajstić information content (AvgIpc) is 3.49. The quantitative estimate of drug-likeness (QED) is 0.376. The SMILES string of the molecule is Cc1cccc(-c2[nH]c(CNc3cccc4c3NCCC4)nc2-c2ccc3ncnn3c2)n1. The highest BCUT2D eigenvalue weighted by atomic mass is 15.3. The van der Waals surface area contributed by atoms with E-state index in [1.54, 1.807) is 10.8 Å². The Bertz CT molecular complexity index is 1450. The summed E-state index contributed by atoms with van der Waals surface area (Å²) in [4.78, 5) is 17.5. The lowest BCUT2D eigenvalue weighted by Crippen LogP contribution is -2.14. The fraction of sp³-hybridized carbons (Fsp3) is 0.200. The molecule has 5 heterocycles. The van der Waals surface area contributed by atoms with Gasteiger partial charge in [-0.15, -0.1) is 0 Å². The van der Waals surface area contributed by atoms with Crippen molar-refractivity contribution in [2.24, 2.45) is 0 Å². The van der Waals surface area contributed by atoms with Crippen molar-refractivity contribution in [3.8, 4) is 22.6 Å². The molecule has 4 aromatic heterocycles. The maximum atomic E-state index is 4.96. The van der Waals surface area contributed by atoms with Gasteiger partial charge < -0.3 is 15.6 Å². The summed E-state index contributed by atoms with van der Waals surface area (Å²) < 4.78 is 1.76. The summed E-state index contributed by atoms with van der Waals surface area (Å²) in [6, 6.07) is 16.4. The van der Waals surface area contributed by atoms with E-state index < -0.39 is 0 Å². The number of H-pyrrole nitrogens is 1. The third-order valence-electron chi connectivity index (χ3n) is 5.97. The molecule has 8 heteroatoms. The molecule has 5 aromatic rings. The van der Waals surface area contributed by atoms with Gasteiger partial charge in [0.2, 0.25) is 0 Å².